The zero-order valence-electron chi connectivity index (χ0n) is 25.7. The molecule has 0 radical (unpaired) electrons. The molecule has 0 aliphatic heterocycles. The number of methoxy groups -OCH3 is 1. The monoisotopic (exact) mass is 672 g/mol. The minimum atomic E-state index is -4.14. The highest BCUT2D eigenvalue weighted by molar-refractivity contribution is 7.92. The summed E-state index contributed by atoms with van der Waals surface area (Å²) >= 11 is 6.36. The van der Waals surface area contributed by atoms with Crippen LogP contribution in [0.3, 0.4) is 0 Å². The van der Waals surface area contributed by atoms with E-state index in [1.54, 1.807) is 54.6 Å². The lowest BCUT2D eigenvalue weighted by atomic mass is 9.87. The van der Waals surface area contributed by atoms with Gasteiger partial charge in [-0.3, -0.25) is 4.72 Å². The Bertz CT molecular complexity index is 1740. The number of hydroxylamine groups is 2. The maximum absolute atomic E-state index is 13.4. The fraction of sp³-hybridized carbons (Fsp3) is 0.258. The van der Waals surface area contributed by atoms with E-state index in [1.807, 2.05) is 20.8 Å². The van der Waals surface area contributed by atoms with Crippen LogP contribution in [0, 0.1) is 0 Å². The number of carbonyl (C=O) groups excluding carboxylic acids is 1. The molecule has 0 bridgehead atoms. The number of amides is 1. The predicted molar refractivity (Wildman–Crippen MR) is 169 cm³/mol. The first-order chi connectivity index (χ1) is 21.9. The van der Waals surface area contributed by atoms with Gasteiger partial charge in [-0.1, -0.05) is 62.7 Å². The summed E-state index contributed by atoms with van der Waals surface area (Å²) in [5, 5.41) is 0.745. The topological polar surface area (TPSA) is 148 Å². The van der Waals surface area contributed by atoms with Crippen molar-refractivity contribution < 1.29 is 41.8 Å². The van der Waals surface area contributed by atoms with Crippen LogP contribution in [-0.2, 0) is 25.0 Å². The molecule has 0 spiro atoms. The molecule has 0 aliphatic rings. The number of ether oxygens (including phenoxy) is 4. The summed E-state index contributed by atoms with van der Waals surface area (Å²) in [6.07, 6.45) is 0.130. The molecule has 0 fully saturated rings. The molecule has 4 aromatic rings. The summed E-state index contributed by atoms with van der Waals surface area (Å²) in [5.41, 5.74) is 0.790. The van der Waals surface area contributed by atoms with Crippen molar-refractivity contribution in [3.63, 3.8) is 0 Å². The third kappa shape index (κ3) is 8.90. The van der Waals surface area contributed by atoms with Crippen LogP contribution in [0.2, 0.25) is 5.02 Å². The van der Waals surface area contributed by atoms with Crippen molar-refractivity contribution in [3.05, 3.63) is 89.7 Å². The van der Waals surface area contributed by atoms with Gasteiger partial charge >= 0.3 is 6.09 Å². The average Bonchev–Trinajstić information content (AvgIpc) is 3.04. The zero-order valence-corrected chi connectivity index (χ0v) is 27.3. The number of benzene rings is 3. The van der Waals surface area contributed by atoms with E-state index in [9.17, 15) is 13.2 Å². The van der Waals surface area contributed by atoms with Crippen molar-refractivity contribution in [1.29, 1.82) is 0 Å². The maximum atomic E-state index is 13.4. The quantitative estimate of drug-likeness (QED) is 0.124. The van der Waals surface area contributed by atoms with Crippen LogP contribution in [0.25, 0.3) is 0 Å². The fourth-order valence-corrected chi connectivity index (χ4v) is 4.96. The molecule has 0 saturated heterocycles. The Labute approximate surface area is 271 Å². The molecular weight excluding hydrogens is 640 g/mol. The Morgan fingerprint density at radius 1 is 0.935 bits per heavy atom. The lowest BCUT2D eigenvalue weighted by Gasteiger charge is -2.20. The number of aromatic nitrogens is 2. The van der Waals surface area contributed by atoms with E-state index in [0.29, 0.717) is 16.7 Å². The number of para-hydroxylation sites is 1. The molecule has 1 amide bonds. The Hall–Kier alpha value is -4.79. The maximum Gasteiger partial charge on any atom is 0.469 e. The second-order valence-corrected chi connectivity index (χ2v) is 12.5. The minimum absolute atomic E-state index is 0.000672. The van der Waals surface area contributed by atoms with E-state index in [4.69, 9.17) is 40.2 Å². The smallest absolute Gasteiger partial charge is 0.469 e. The first-order valence-electron chi connectivity index (χ1n) is 13.8. The Balaban J connectivity index is 1.55. The number of sulfonamides is 1. The minimum Gasteiger partial charge on any atom is -0.497 e. The molecule has 1 N–H and O–H groups in total. The van der Waals surface area contributed by atoms with E-state index in [1.165, 1.54) is 32.4 Å². The van der Waals surface area contributed by atoms with Crippen LogP contribution in [0.5, 0.6) is 28.9 Å². The van der Waals surface area contributed by atoms with Crippen LogP contribution in [0.1, 0.15) is 26.3 Å². The van der Waals surface area contributed by atoms with Crippen LogP contribution in [0.15, 0.2) is 84.0 Å². The first-order valence-corrected chi connectivity index (χ1v) is 15.6. The molecule has 46 heavy (non-hydrogen) atoms. The van der Waals surface area contributed by atoms with Crippen LogP contribution in [0.4, 0.5) is 10.6 Å². The summed E-state index contributed by atoms with van der Waals surface area (Å²) in [6, 6.07) is 19.6. The second kappa shape index (κ2) is 15.0. The number of anilines is 1. The molecule has 15 heteroatoms. The number of rotatable bonds is 13. The van der Waals surface area contributed by atoms with Gasteiger partial charge in [0.1, 0.15) is 31.0 Å². The number of hydrogen-bond donors (Lipinski definition) is 1. The molecule has 0 aliphatic carbocycles. The van der Waals surface area contributed by atoms with Gasteiger partial charge < -0.3 is 23.8 Å². The lowest BCUT2D eigenvalue weighted by Crippen LogP contribution is -2.34. The van der Waals surface area contributed by atoms with E-state index in [0.717, 1.165) is 11.9 Å². The number of nitrogens with zero attached hydrogens (tertiary/aromatic N) is 3. The van der Waals surface area contributed by atoms with Gasteiger partial charge in [-0.2, -0.15) is 4.98 Å². The molecular formula is C31H33ClN4O9S. The number of nitrogens with one attached hydrogen (secondary N) is 1. The molecule has 244 valence electrons. The average molecular weight is 673 g/mol. The molecule has 4 rings (SSSR count). The zero-order chi connectivity index (χ0) is 33.3. The molecule has 0 atom stereocenters. The van der Waals surface area contributed by atoms with Crippen molar-refractivity contribution in [1.82, 2.24) is 15.2 Å². The van der Waals surface area contributed by atoms with E-state index < -0.39 is 16.1 Å². The summed E-state index contributed by atoms with van der Waals surface area (Å²) in [4.78, 5) is 30.9. The summed E-state index contributed by atoms with van der Waals surface area (Å²) < 4.78 is 51.4. The summed E-state index contributed by atoms with van der Waals surface area (Å²) in [6.45, 7) is 5.57. The fourth-order valence-electron chi connectivity index (χ4n) is 3.79. The standard InChI is InChI=1S/C31H33ClN4O9S/c1-31(2,3)21-11-14-24(15-12-21)46(38,39)35-28-27(44-26-19-23(40-4)13-16-25(26)32)29(34-20-33-28)42-17-18-43-30(37)36(41-5)45-22-9-7-6-8-10-22/h6-16,19-20H,17-18H2,1-5H3,(H,33,34,35). The Morgan fingerprint density at radius 2 is 1.65 bits per heavy atom. The molecule has 3 aromatic carbocycles. The number of halogens is 1. The number of hydrogen-bond acceptors (Lipinski definition) is 11. The Morgan fingerprint density at radius 3 is 2.30 bits per heavy atom. The van der Waals surface area contributed by atoms with Gasteiger partial charge in [-0.25, -0.2) is 23.0 Å². The normalized spacial score (nSPS) is 11.3. The van der Waals surface area contributed by atoms with Crippen molar-refractivity contribution in [2.75, 3.05) is 32.2 Å². The Kier molecular flexibility index (Phi) is 11.1. The summed E-state index contributed by atoms with van der Waals surface area (Å²) in [7, 11) is -1.44. The van der Waals surface area contributed by atoms with Crippen molar-refractivity contribution >= 4 is 33.5 Å². The lowest BCUT2D eigenvalue weighted by molar-refractivity contribution is -0.269. The predicted octanol–water partition coefficient (Wildman–Crippen LogP) is 6.40. The third-order valence-corrected chi connectivity index (χ3v) is 7.84. The largest absolute Gasteiger partial charge is 0.497 e. The molecule has 0 saturated carbocycles. The van der Waals surface area contributed by atoms with Gasteiger partial charge in [0.05, 0.1) is 24.1 Å². The van der Waals surface area contributed by atoms with Gasteiger partial charge in [0.2, 0.25) is 5.75 Å². The van der Waals surface area contributed by atoms with Gasteiger partial charge in [-0.05, 0) is 52.6 Å². The van der Waals surface area contributed by atoms with Crippen LogP contribution in [-0.4, -0.2) is 57.1 Å². The molecule has 0 unspecified atom stereocenters. The van der Waals surface area contributed by atoms with Crippen molar-refractivity contribution in [2.24, 2.45) is 0 Å². The second-order valence-electron chi connectivity index (χ2n) is 10.4. The van der Waals surface area contributed by atoms with Crippen LogP contribution >= 0.6 is 11.6 Å². The van der Waals surface area contributed by atoms with Gasteiger partial charge in [0.15, 0.2) is 11.6 Å². The van der Waals surface area contributed by atoms with Gasteiger partial charge in [-0.15, -0.1) is 0 Å². The first kappa shape index (κ1) is 34.1. The highest BCUT2D eigenvalue weighted by atomic mass is 35.5. The van der Waals surface area contributed by atoms with E-state index in [-0.39, 0.29) is 51.7 Å². The summed E-state index contributed by atoms with van der Waals surface area (Å²) in [5.74, 6) is 0.266. The van der Waals surface area contributed by atoms with Gasteiger partial charge in [0, 0.05) is 6.07 Å². The third-order valence-electron chi connectivity index (χ3n) is 6.18. The van der Waals surface area contributed by atoms with E-state index >= 15 is 0 Å². The highest BCUT2D eigenvalue weighted by Gasteiger charge is 2.24. The molecule has 1 heterocycles. The SMILES string of the molecule is COc1ccc(Cl)c(Oc2c(NS(=O)(=O)c3ccc(C(C)(C)C)cc3)ncnc2OCCOC(=O)N(OC)Oc2ccccc2)c1. The van der Waals surface area contributed by atoms with E-state index in [2.05, 4.69) is 14.7 Å². The van der Waals surface area contributed by atoms with Gasteiger partial charge in [0.25, 0.3) is 15.9 Å². The van der Waals surface area contributed by atoms with Crippen molar-refractivity contribution in [2.45, 2.75) is 31.1 Å². The molecule has 1 aromatic heterocycles. The van der Waals surface area contributed by atoms with Crippen LogP contribution < -0.4 is 23.8 Å². The number of carbonyl (C=O) groups is 1. The van der Waals surface area contributed by atoms with Crippen molar-refractivity contribution in [3.8, 4) is 28.9 Å². The highest BCUT2D eigenvalue weighted by Crippen LogP contribution is 2.40. The molecule has 13 nitrogen and oxygen atoms in total.